The Labute approximate surface area is 182 Å². The molecule has 1 fully saturated rings. The lowest BCUT2D eigenvalue weighted by molar-refractivity contribution is 0.243. The topological polar surface area (TPSA) is 72.5 Å². The highest BCUT2D eigenvalue weighted by molar-refractivity contribution is 7.17. The maximum atomic E-state index is 13.2. The van der Waals surface area contributed by atoms with Crippen LogP contribution >= 0.6 is 11.3 Å². The smallest absolute Gasteiger partial charge is 0.260 e. The summed E-state index contributed by atoms with van der Waals surface area (Å²) in [6, 6.07) is 13.5. The Kier molecular flexibility index (Phi) is 5.17. The van der Waals surface area contributed by atoms with Crippen molar-refractivity contribution in [3.05, 3.63) is 75.9 Å². The second-order valence-corrected chi connectivity index (χ2v) is 8.46. The van der Waals surface area contributed by atoms with Gasteiger partial charge in [-0.3, -0.25) is 9.69 Å². The van der Waals surface area contributed by atoms with Gasteiger partial charge in [-0.1, -0.05) is 24.3 Å². The lowest BCUT2D eigenvalue weighted by Crippen LogP contribution is -2.46. The molecule has 158 valence electrons. The second-order valence-electron chi connectivity index (χ2n) is 7.60. The van der Waals surface area contributed by atoms with Crippen LogP contribution in [0.15, 0.2) is 58.7 Å². The number of aromatic nitrogens is 2. The molecule has 0 saturated carbocycles. The van der Waals surface area contributed by atoms with E-state index in [-0.39, 0.29) is 11.4 Å². The number of phenols is 1. The zero-order valence-corrected chi connectivity index (χ0v) is 17.5. The van der Waals surface area contributed by atoms with Crippen molar-refractivity contribution in [3.63, 3.8) is 0 Å². The molecular formula is C23H21FN4O2S. The number of hydrogen-bond donors (Lipinski definition) is 2. The summed E-state index contributed by atoms with van der Waals surface area (Å²) in [4.78, 5) is 25.5. The molecule has 0 unspecified atom stereocenters. The molecule has 0 amide bonds. The van der Waals surface area contributed by atoms with Gasteiger partial charge >= 0.3 is 0 Å². The number of piperazine rings is 1. The van der Waals surface area contributed by atoms with E-state index >= 15 is 0 Å². The molecule has 0 spiro atoms. The molecule has 0 aliphatic carbocycles. The Hall–Kier alpha value is -3.23. The number of aromatic amines is 1. The molecule has 1 aliphatic heterocycles. The van der Waals surface area contributed by atoms with Gasteiger partial charge < -0.3 is 15.0 Å². The van der Waals surface area contributed by atoms with Crippen LogP contribution in [0.2, 0.25) is 0 Å². The van der Waals surface area contributed by atoms with Gasteiger partial charge in [0.15, 0.2) is 0 Å². The normalized spacial score (nSPS) is 14.9. The molecule has 5 rings (SSSR count). The van der Waals surface area contributed by atoms with Crippen LogP contribution in [0.3, 0.4) is 0 Å². The number of benzene rings is 2. The third-order valence-electron chi connectivity index (χ3n) is 5.62. The van der Waals surface area contributed by atoms with Gasteiger partial charge in [0.05, 0.1) is 17.6 Å². The number of aromatic hydroxyl groups is 1. The molecule has 4 aromatic rings. The number of halogens is 1. The fraction of sp³-hybridized carbons (Fsp3) is 0.217. The number of phenolic OH excluding ortho intramolecular Hbond substituents is 1. The molecule has 2 aromatic carbocycles. The third kappa shape index (κ3) is 3.92. The molecule has 6 nitrogen and oxygen atoms in total. The molecule has 0 atom stereocenters. The number of rotatable bonds is 4. The van der Waals surface area contributed by atoms with E-state index in [9.17, 15) is 14.3 Å². The summed E-state index contributed by atoms with van der Waals surface area (Å²) >= 11 is 1.42. The second kappa shape index (κ2) is 8.13. The van der Waals surface area contributed by atoms with Crippen molar-refractivity contribution >= 4 is 27.2 Å². The molecule has 8 heteroatoms. The average molecular weight is 437 g/mol. The van der Waals surface area contributed by atoms with Crippen LogP contribution in [0.5, 0.6) is 5.75 Å². The number of H-pyrrole nitrogens is 1. The van der Waals surface area contributed by atoms with Gasteiger partial charge in [-0.05, 0) is 29.8 Å². The first-order valence-corrected chi connectivity index (χ1v) is 11.0. The number of para-hydroxylation sites is 2. The SMILES string of the molecule is O=c1[nH]c(CN2CCN(c3ccccc3O)CC2)nc2scc(-c3ccc(F)cc3)c12. The predicted molar refractivity (Wildman–Crippen MR) is 121 cm³/mol. The standard InChI is InChI=1S/C23H21FN4O2S/c24-16-7-5-15(6-8-16)17-14-31-23-21(17)22(30)25-20(26-23)13-27-9-11-28(12-10-27)18-3-1-2-4-19(18)29/h1-8,14,29H,9-13H2,(H,25,26,30). The Morgan fingerprint density at radius 1 is 1.06 bits per heavy atom. The largest absolute Gasteiger partial charge is 0.506 e. The Balaban J connectivity index is 1.32. The first-order chi connectivity index (χ1) is 15.1. The van der Waals surface area contributed by atoms with Crippen molar-refractivity contribution in [2.75, 3.05) is 31.1 Å². The van der Waals surface area contributed by atoms with Crippen LogP contribution in [0.4, 0.5) is 10.1 Å². The Morgan fingerprint density at radius 3 is 2.55 bits per heavy atom. The molecule has 1 saturated heterocycles. The van der Waals surface area contributed by atoms with E-state index in [1.165, 1.54) is 23.5 Å². The summed E-state index contributed by atoms with van der Waals surface area (Å²) in [5.74, 6) is 0.628. The van der Waals surface area contributed by atoms with E-state index in [0.717, 1.165) is 43.0 Å². The maximum absolute atomic E-state index is 13.2. The van der Waals surface area contributed by atoms with Crippen LogP contribution in [0.1, 0.15) is 5.82 Å². The average Bonchev–Trinajstić information content (AvgIpc) is 3.20. The molecule has 2 N–H and O–H groups in total. The van der Waals surface area contributed by atoms with Gasteiger partial charge in [-0.25, -0.2) is 9.37 Å². The van der Waals surface area contributed by atoms with Crippen molar-refractivity contribution in [2.24, 2.45) is 0 Å². The number of nitrogens with one attached hydrogen (secondary N) is 1. The van der Waals surface area contributed by atoms with Gasteiger partial charge in [0.25, 0.3) is 5.56 Å². The molecule has 31 heavy (non-hydrogen) atoms. The van der Waals surface area contributed by atoms with Gasteiger partial charge in [0.1, 0.15) is 22.2 Å². The third-order valence-corrected chi connectivity index (χ3v) is 6.49. The van der Waals surface area contributed by atoms with Crippen molar-refractivity contribution in [3.8, 4) is 16.9 Å². The summed E-state index contributed by atoms with van der Waals surface area (Å²) in [6.45, 7) is 3.75. The first-order valence-electron chi connectivity index (χ1n) is 10.1. The molecule has 0 bridgehead atoms. The number of anilines is 1. The minimum absolute atomic E-state index is 0.173. The summed E-state index contributed by atoms with van der Waals surface area (Å²) in [5.41, 5.74) is 2.25. The van der Waals surface area contributed by atoms with Gasteiger partial charge in [-0.15, -0.1) is 11.3 Å². The van der Waals surface area contributed by atoms with Crippen LogP contribution in [0, 0.1) is 5.82 Å². The van der Waals surface area contributed by atoms with E-state index in [0.29, 0.717) is 28.3 Å². The molecular weight excluding hydrogens is 415 g/mol. The van der Waals surface area contributed by atoms with E-state index < -0.39 is 0 Å². The van der Waals surface area contributed by atoms with Crippen molar-refractivity contribution in [1.29, 1.82) is 0 Å². The number of thiophene rings is 1. The predicted octanol–water partition coefficient (Wildman–Crippen LogP) is 3.82. The maximum Gasteiger partial charge on any atom is 0.260 e. The molecule has 3 heterocycles. The highest BCUT2D eigenvalue weighted by Gasteiger charge is 2.20. The summed E-state index contributed by atoms with van der Waals surface area (Å²) in [5, 5.41) is 12.5. The van der Waals surface area contributed by atoms with Gasteiger partial charge in [0, 0.05) is 37.1 Å². The monoisotopic (exact) mass is 436 g/mol. The highest BCUT2D eigenvalue weighted by Crippen LogP contribution is 2.31. The van der Waals surface area contributed by atoms with Gasteiger partial charge in [-0.2, -0.15) is 0 Å². The van der Waals surface area contributed by atoms with Crippen LogP contribution in [-0.2, 0) is 6.54 Å². The Bertz CT molecular complexity index is 1280. The minimum atomic E-state index is -0.305. The minimum Gasteiger partial charge on any atom is -0.506 e. The van der Waals surface area contributed by atoms with Crippen molar-refractivity contribution < 1.29 is 9.50 Å². The fourth-order valence-electron chi connectivity index (χ4n) is 4.00. The Morgan fingerprint density at radius 2 is 1.81 bits per heavy atom. The summed E-state index contributed by atoms with van der Waals surface area (Å²) in [6.07, 6.45) is 0. The molecule has 1 aliphatic rings. The van der Waals surface area contributed by atoms with E-state index in [1.807, 2.05) is 23.6 Å². The molecule has 2 aromatic heterocycles. The van der Waals surface area contributed by atoms with Crippen molar-refractivity contribution in [2.45, 2.75) is 6.54 Å². The van der Waals surface area contributed by atoms with Crippen LogP contribution < -0.4 is 10.5 Å². The van der Waals surface area contributed by atoms with E-state index in [2.05, 4.69) is 19.8 Å². The molecule has 0 radical (unpaired) electrons. The lowest BCUT2D eigenvalue weighted by atomic mass is 10.1. The summed E-state index contributed by atoms with van der Waals surface area (Å²) < 4.78 is 13.2. The van der Waals surface area contributed by atoms with E-state index in [1.54, 1.807) is 18.2 Å². The number of hydrogen-bond acceptors (Lipinski definition) is 6. The van der Waals surface area contributed by atoms with Crippen LogP contribution in [0.25, 0.3) is 21.3 Å². The van der Waals surface area contributed by atoms with Crippen LogP contribution in [-0.4, -0.2) is 46.2 Å². The number of nitrogens with zero attached hydrogens (tertiary/aromatic N) is 3. The summed E-state index contributed by atoms with van der Waals surface area (Å²) in [7, 11) is 0. The number of fused-ring (bicyclic) bond motifs is 1. The first kappa shape index (κ1) is 19.7. The highest BCUT2D eigenvalue weighted by atomic mass is 32.1. The lowest BCUT2D eigenvalue weighted by Gasteiger charge is -2.36. The van der Waals surface area contributed by atoms with Crippen molar-refractivity contribution in [1.82, 2.24) is 14.9 Å². The zero-order chi connectivity index (χ0) is 21.4. The fourth-order valence-corrected chi connectivity index (χ4v) is 4.97. The quantitative estimate of drug-likeness (QED) is 0.509. The zero-order valence-electron chi connectivity index (χ0n) is 16.7. The van der Waals surface area contributed by atoms with E-state index in [4.69, 9.17) is 0 Å². The van der Waals surface area contributed by atoms with Gasteiger partial charge in [0.2, 0.25) is 0 Å².